The quantitative estimate of drug-likeness (QED) is 0.795. The van der Waals surface area contributed by atoms with E-state index in [4.69, 9.17) is 5.73 Å². The second-order valence-electron chi connectivity index (χ2n) is 4.75. The van der Waals surface area contributed by atoms with Crippen molar-refractivity contribution in [2.24, 2.45) is 11.7 Å². The molecule has 0 fully saturated rings. The molecule has 1 rings (SSSR count). The van der Waals surface area contributed by atoms with Gasteiger partial charge in [-0.05, 0) is 11.6 Å². The van der Waals surface area contributed by atoms with Crippen LogP contribution in [0.4, 0.5) is 0 Å². The van der Waals surface area contributed by atoms with Crippen molar-refractivity contribution in [3.05, 3.63) is 29.8 Å². The van der Waals surface area contributed by atoms with E-state index in [9.17, 15) is 13.2 Å². The van der Waals surface area contributed by atoms with E-state index in [1.807, 2.05) is 0 Å². The van der Waals surface area contributed by atoms with Gasteiger partial charge in [-0.25, -0.2) is 12.7 Å². The molecule has 0 bridgehead atoms. The largest absolute Gasteiger partial charge is 0.352 e. The Morgan fingerprint density at radius 2 is 1.90 bits per heavy atom. The van der Waals surface area contributed by atoms with Gasteiger partial charge in [-0.15, -0.1) is 12.4 Å². The summed E-state index contributed by atoms with van der Waals surface area (Å²) in [5.41, 5.74) is 5.97. The third-order valence-electron chi connectivity index (χ3n) is 2.99. The number of nitrogens with one attached hydrogen (secondary N) is 1. The second kappa shape index (κ2) is 8.33. The lowest BCUT2D eigenvalue weighted by molar-refractivity contribution is -0.124. The third kappa shape index (κ3) is 4.96. The number of hydrogen-bond donors (Lipinski definition) is 2. The molecule has 120 valence electrons. The van der Waals surface area contributed by atoms with Crippen molar-refractivity contribution < 1.29 is 13.2 Å². The van der Waals surface area contributed by atoms with Gasteiger partial charge in [0.25, 0.3) is 0 Å². The minimum atomic E-state index is -3.52. The number of carbonyl (C=O) groups excluding carboxylic acids is 1. The molecule has 1 atom stereocenters. The lowest BCUT2D eigenvalue weighted by Gasteiger charge is -2.16. The van der Waals surface area contributed by atoms with Crippen LogP contribution in [-0.4, -0.2) is 39.3 Å². The van der Waals surface area contributed by atoms with Crippen LogP contribution in [0.15, 0.2) is 29.2 Å². The minimum Gasteiger partial charge on any atom is -0.352 e. The predicted molar refractivity (Wildman–Crippen MR) is 84.6 cm³/mol. The fraction of sp³-hybridized carbons (Fsp3) is 0.462. The van der Waals surface area contributed by atoms with E-state index in [2.05, 4.69) is 5.32 Å². The normalized spacial score (nSPS) is 12.6. The van der Waals surface area contributed by atoms with Gasteiger partial charge >= 0.3 is 0 Å². The number of halogens is 1. The molecule has 1 aromatic rings. The maximum Gasteiger partial charge on any atom is 0.242 e. The summed E-state index contributed by atoms with van der Waals surface area (Å²) in [5.74, 6) is -0.489. The molecule has 0 aromatic heterocycles. The van der Waals surface area contributed by atoms with Crippen LogP contribution in [-0.2, 0) is 21.4 Å². The molecule has 3 N–H and O–H groups in total. The first kappa shape index (κ1) is 19.9. The first-order valence-corrected chi connectivity index (χ1v) is 7.73. The summed E-state index contributed by atoms with van der Waals surface area (Å²) in [4.78, 5) is 11.9. The van der Waals surface area contributed by atoms with E-state index >= 15 is 0 Å². The lowest BCUT2D eigenvalue weighted by atomic mass is 10.1. The third-order valence-corrected chi connectivity index (χ3v) is 4.90. The zero-order valence-corrected chi connectivity index (χ0v) is 14.0. The van der Waals surface area contributed by atoms with E-state index < -0.39 is 10.0 Å². The smallest absolute Gasteiger partial charge is 0.242 e. The monoisotopic (exact) mass is 335 g/mol. The van der Waals surface area contributed by atoms with Gasteiger partial charge in [0, 0.05) is 33.1 Å². The number of benzene rings is 1. The first-order valence-electron chi connectivity index (χ1n) is 6.29. The molecule has 0 aliphatic heterocycles. The van der Waals surface area contributed by atoms with Gasteiger partial charge in [0.05, 0.1) is 4.90 Å². The highest BCUT2D eigenvalue weighted by atomic mass is 35.5. The Balaban J connectivity index is 0.00000400. The molecule has 0 aliphatic rings. The summed E-state index contributed by atoms with van der Waals surface area (Å²) in [7, 11) is -0.577. The van der Waals surface area contributed by atoms with Crippen molar-refractivity contribution in [2.45, 2.75) is 18.4 Å². The highest BCUT2D eigenvalue weighted by molar-refractivity contribution is 7.89. The number of nitrogens with two attached hydrogens (primary N) is 1. The second-order valence-corrected chi connectivity index (χ2v) is 6.87. The Bertz CT molecular complexity index is 576. The molecular formula is C13H22ClN3O3S. The van der Waals surface area contributed by atoms with Crippen LogP contribution >= 0.6 is 12.4 Å². The molecule has 0 saturated heterocycles. The van der Waals surface area contributed by atoms with E-state index in [0.29, 0.717) is 5.56 Å². The summed E-state index contributed by atoms with van der Waals surface area (Å²) in [6.45, 7) is 2.13. The maximum atomic E-state index is 12.2. The Kier molecular flexibility index (Phi) is 7.87. The van der Waals surface area contributed by atoms with E-state index in [1.54, 1.807) is 25.1 Å². The number of amides is 1. The van der Waals surface area contributed by atoms with Crippen molar-refractivity contribution in [1.82, 2.24) is 9.62 Å². The zero-order valence-electron chi connectivity index (χ0n) is 12.4. The molecule has 0 spiro atoms. The van der Waals surface area contributed by atoms with Crippen molar-refractivity contribution in [2.75, 3.05) is 20.6 Å². The Morgan fingerprint density at radius 1 is 1.33 bits per heavy atom. The molecule has 1 amide bonds. The van der Waals surface area contributed by atoms with Gasteiger partial charge in [-0.2, -0.15) is 0 Å². The Hall–Kier alpha value is -1.15. The lowest BCUT2D eigenvalue weighted by Crippen LogP contribution is -2.33. The molecule has 1 unspecified atom stereocenters. The van der Waals surface area contributed by atoms with Gasteiger partial charge in [0.15, 0.2) is 0 Å². The molecule has 0 aliphatic carbocycles. The number of rotatable bonds is 6. The summed E-state index contributed by atoms with van der Waals surface area (Å²) in [6.07, 6.45) is 0. The van der Waals surface area contributed by atoms with Crippen LogP contribution in [0.3, 0.4) is 0 Å². The predicted octanol–water partition coefficient (Wildman–Crippen LogP) is 0.570. The topological polar surface area (TPSA) is 92.5 Å². The summed E-state index contributed by atoms with van der Waals surface area (Å²) in [6, 6.07) is 6.61. The minimum absolute atomic E-state index is 0. The van der Waals surface area contributed by atoms with Crippen molar-refractivity contribution in [1.29, 1.82) is 0 Å². The average molecular weight is 336 g/mol. The summed E-state index contributed by atoms with van der Waals surface area (Å²) in [5, 5.41) is 2.70. The van der Waals surface area contributed by atoms with Gasteiger partial charge in [-0.3, -0.25) is 4.79 Å². The molecule has 0 heterocycles. The number of sulfonamides is 1. The fourth-order valence-corrected chi connectivity index (χ4v) is 2.68. The Morgan fingerprint density at radius 3 is 2.43 bits per heavy atom. The molecule has 6 nitrogen and oxygen atoms in total. The molecule has 21 heavy (non-hydrogen) atoms. The van der Waals surface area contributed by atoms with Gasteiger partial charge in [-0.1, -0.05) is 25.1 Å². The molecule has 1 aromatic carbocycles. The molecule has 8 heteroatoms. The number of carbonyl (C=O) groups is 1. The van der Waals surface area contributed by atoms with Crippen molar-refractivity contribution in [3.8, 4) is 0 Å². The fourth-order valence-electron chi connectivity index (χ4n) is 1.56. The zero-order chi connectivity index (χ0) is 15.3. The number of nitrogens with zero attached hydrogens (tertiary/aromatic N) is 1. The van der Waals surface area contributed by atoms with Crippen molar-refractivity contribution >= 4 is 28.3 Å². The highest BCUT2D eigenvalue weighted by Crippen LogP contribution is 2.18. The van der Waals surface area contributed by atoms with Crippen LogP contribution in [0.2, 0.25) is 0 Å². The summed E-state index contributed by atoms with van der Waals surface area (Å²) < 4.78 is 25.5. The Labute approximate surface area is 132 Å². The highest BCUT2D eigenvalue weighted by Gasteiger charge is 2.21. The molecule has 0 radical (unpaired) electrons. The van der Waals surface area contributed by atoms with Crippen LogP contribution in [0.25, 0.3) is 0 Å². The van der Waals surface area contributed by atoms with Crippen molar-refractivity contribution in [3.63, 3.8) is 0 Å². The SMILES string of the molecule is CC(CN)C(=O)NCc1ccccc1S(=O)(=O)N(C)C.Cl. The van der Waals surface area contributed by atoms with Crippen LogP contribution in [0.1, 0.15) is 12.5 Å². The standard InChI is InChI=1S/C13H21N3O3S.ClH/c1-10(8-14)13(17)15-9-11-6-4-5-7-12(11)20(18,19)16(2)3;/h4-7,10H,8-9,14H2,1-3H3,(H,15,17);1H. The summed E-state index contributed by atoms with van der Waals surface area (Å²) >= 11 is 0. The van der Waals surface area contributed by atoms with E-state index in [0.717, 1.165) is 4.31 Å². The van der Waals surface area contributed by atoms with Gasteiger partial charge in [0.2, 0.25) is 15.9 Å². The maximum absolute atomic E-state index is 12.2. The average Bonchev–Trinajstić information content (AvgIpc) is 2.43. The van der Waals surface area contributed by atoms with Gasteiger partial charge < -0.3 is 11.1 Å². The molecule has 0 saturated carbocycles. The van der Waals surface area contributed by atoms with E-state index in [1.165, 1.54) is 20.2 Å². The first-order chi connectivity index (χ1) is 9.30. The van der Waals surface area contributed by atoms with Gasteiger partial charge in [0.1, 0.15) is 0 Å². The van der Waals surface area contributed by atoms with E-state index in [-0.39, 0.29) is 42.2 Å². The van der Waals surface area contributed by atoms with Crippen LogP contribution in [0.5, 0.6) is 0 Å². The molecular weight excluding hydrogens is 314 g/mol. The van der Waals surface area contributed by atoms with Crippen LogP contribution < -0.4 is 11.1 Å². The van der Waals surface area contributed by atoms with Crippen LogP contribution in [0, 0.1) is 5.92 Å². The number of hydrogen-bond acceptors (Lipinski definition) is 4.